The van der Waals surface area contributed by atoms with Crippen LogP contribution in [-0.2, 0) is 11.3 Å². The number of amides is 2. The van der Waals surface area contributed by atoms with E-state index in [0.717, 1.165) is 11.0 Å². The number of nitrogens with one attached hydrogen (secondary N) is 3. The Kier molecular flexibility index (Phi) is 4.38. The van der Waals surface area contributed by atoms with Gasteiger partial charge in [0.15, 0.2) is 0 Å². The summed E-state index contributed by atoms with van der Waals surface area (Å²) in [5, 5.41) is 7.26. The molecular weight excluding hydrogens is 312 g/mol. The predicted octanol–water partition coefficient (Wildman–Crippen LogP) is 2.06. The number of para-hydroxylation sites is 2. The molecule has 3 N–H and O–H groups in total. The van der Waals surface area contributed by atoms with E-state index in [4.69, 9.17) is 0 Å². The smallest absolute Gasteiger partial charge is 0.261 e. The number of thiophene rings is 1. The number of fused-ring (bicyclic) bond motifs is 1. The molecule has 0 radical (unpaired) electrons. The molecule has 6 nitrogen and oxygen atoms in total. The van der Waals surface area contributed by atoms with Gasteiger partial charge in [-0.25, -0.2) is 4.98 Å². The average Bonchev–Trinajstić information content (AvgIpc) is 3.21. The molecule has 0 bridgehead atoms. The number of nitrogens with zero attached hydrogens (tertiary/aromatic N) is 1. The van der Waals surface area contributed by atoms with E-state index in [1.54, 1.807) is 19.1 Å². The lowest BCUT2D eigenvalue weighted by Crippen LogP contribution is -2.44. The summed E-state index contributed by atoms with van der Waals surface area (Å²) < 4.78 is 0. The molecule has 0 saturated carbocycles. The van der Waals surface area contributed by atoms with Crippen LogP contribution in [0.1, 0.15) is 22.4 Å². The van der Waals surface area contributed by atoms with E-state index in [9.17, 15) is 9.59 Å². The molecule has 2 aromatic heterocycles. The van der Waals surface area contributed by atoms with Crippen molar-refractivity contribution in [3.8, 4) is 0 Å². The lowest BCUT2D eigenvalue weighted by molar-refractivity contribution is -0.122. The van der Waals surface area contributed by atoms with Crippen molar-refractivity contribution in [3.63, 3.8) is 0 Å². The quantitative estimate of drug-likeness (QED) is 0.670. The van der Waals surface area contributed by atoms with E-state index in [2.05, 4.69) is 20.6 Å². The van der Waals surface area contributed by atoms with Crippen molar-refractivity contribution in [2.24, 2.45) is 0 Å². The third-order valence-electron chi connectivity index (χ3n) is 3.35. The number of carbonyl (C=O) groups is 2. The summed E-state index contributed by atoms with van der Waals surface area (Å²) in [5.74, 6) is 0.179. The Morgan fingerprint density at radius 3 is 2.83 bits per heavy atom. The molecule has 1 unspecified atom stereocenters. The van der Waals surface area contributed by atoms with Gasteiger partial charge < -0.3 is 15.6 Å². The highest BCUT2D eigenvalue weighted by molar-refractivity contribution is 7.12. The minimum Gasteiger partial charge on any atom is -0.347 e. The maximum atomic E-state index is 12.1. The number of hydrogen-bond acceptors (Lipinski definition) is 4. The van der Waals surface area contributed by atoms with Crippen LogP contribution in [0, 0.1) is 0 Å². The molecular formula is C16H16N4O2S. The van der Waals surface area contributed by atoms with Crippen molar-refractivity contribution in [1.29, 1.82) is 0 Å². The van der Waals surface area contributed by atoms with Gasteiger partial charge in [-0.05, 0) is 30.5 Å². The molecule has 1 atom stereocenters. The first-order valence-electron chi connectivity index (χ1n) is 7.19. The van der Waals surface area contributed by atoms with E-state index in [1.807, 2.05) is 29.6 Å². The molecule has 1 aromatic carbocycles. The van der Waals surface area contributed by atoms with Gasteiger partial charge in [0.2, 0.25) is 5.91 Å². The molecule has 3 rings (SSSR count). The van der Waals surface area contributed by atoms with Crippen LogP contribution >= 0.6 is 11.3 Å². The molecule has 0 saturated heterocycles. The van der Waals surface area contributed by atoms with Crippen LogP contribution in [-0.4, -0.2) is 27.8 Å². The van der Waals surface area contributed by atoms with E-state index in [0.29, 0.717) is 10.7 Å². The number of benzene rings is 1. The van der Waals surface area contributed by atoms with Crippen molar-refractivity contribution in [2.45, 2.75) is 19.5 Å². The molecule has 23 heavy (non-hydrogen) atoms. The monoisotopic (exact) mass is 328 g/mol. The molecule has 7 heteroatoms. The fourth-order valence-corrected chi connectivity index (χ4v) is 2.78. The maximum Gasteiger partial charge on any atom is 0.261 e. The molecule has 118 valence electrons. The number of aromatic nitrogens is 2. The minimum absolute atomic E-state index is 0.244. The fourth-order valence-electron chi connectivity index (χ4n) is 2.15. The molecule has 2 heterocycles. The third-order valence-corrected chi connectivity index (χ3v) is 4.22. The van der Waals surface area contributed by atoms with E-state index in [-0.39, 0.29) is 18.4 Å². The predicted molar refractivity (Wildman–Crippen MR) is 89.2 cm³/mol. The molecule has 0 spiro atoms. The van der Waals surface area contributed by atoms with Crippen LogP contribution in [0.25, 0.3) is 11.0 Å². The zero-order valence-corrected chi connectivity index (χ0v) is 13.3. The van der Waals surface area contributed by atoms with Crippen molar-refractivity contribution >= 4 is 34.2 Å². The number of hydrogen-bond donors (Lipinski definition) is 3. The van der Waals surface area contributed by atoms with Gasteiger partial charge >= 0.3 is 0 Å². The Morgan fingerprint density at radius 2 is 2.09 bits per heavy atom. The molecule has 0 fully saturated rings. The Morgan fingerprint density at radius 1 is 1.26 bits per heavy atom. The Bertz CT molecular complexity index is 793. The topological polar surface area (TPSA) is 86.9 Å². The second-order valence-corrected chi connectivity index (χ2v) is 6.04. The second kappa shape index (κ2) is 6.62. The summed E-state index contributed by atoms with van der Waals surface area (Å²) in [4.78, 5) is 32.1. The second-order valence-electron chi connectivity index (χ2n) is 5.09. The fraction of sp³-hybridized carbons (Fsp3) is 0.188. The SMILES string of the molecule is CC(NC(=O)c1cccs1)C(=O)NCc1nc2ccccc2[nH]1. The first-order chi connectivity index (χ1) is 11.1. The van der Waals surface area contributed by atoms with Crippen molar-refractivity contribution in [1.82, 2.24) is 20.6 Å². The number of H-pyrrole nitrogens is 1. The van der Waals surface area contributed by atoms with Gasteiger partial charge in [-0.15, -0.1) is 11.3 Å². The van der Waals surface area contributed by atoms with E-state index < -0.39 is 6.04 Å². The van der Waals surface area contributed by atoms with Crippen LogP contribution in [0.5, 0.6) is 0 Å². The van der Waals surface area contributed by atoms with Gasteiger partial charge in [0, 0.05) is 0 Å². The van der Waals surface area contributed by atoms with E-state index >= 15 is 0 Å². The highest BCUT2D eigenvalue weighted by Gasteiger charge is 2.17. The summed E-state index contributed by atoms with van der Waals surface area (Å²) in [5.41, 5.74) is 1.78. The van der Waals surface area contributed by atoms with Crippen molar-refractivity contribution < 1.29 is 9.59 Å². The number of imidazole rings is 1. The number of rotatable bonds is 5. The van der Waals surface area contributed by atoms with Gasteiger partial charge in [-0.1, -0.05) is 18.2 Å². The summed E-state index contributed by atoms with van der Waals surface area (Å²) in [6.45, 7) is 1.94. The Labute approximate surface area is 136 Å². The largest absolute Gasteiger partial charge is 0.347 e. The summed E-state index contributed by atoms with van der Waals surface area (Å²) >= 11 is 1.34. The first-order valence-corrected chi connectivity index (χ1v) is 8.07. The van der Waals surface area contributed by atoms with Crippen molar-refractivity contribution in [3.05, 3.63) is 52.5 Å². The minimum atomic E-state index is -0.617. The standard InChI is InChI=1S/C16H16N4O2S/c1-10(18-16(22)13-7-4-8-23-13)15(21)17-9-14-19-11-5-2-3-6-12(11)20-14/h2-8,10H,9H2,1H3,(H,17,21)(H,18,22)(H,19,20). The van der Waals surface area contributed by atoms with Crippen LogP contribution in [0.2, 0.25) is 0 Å². The van der Waals surface area contributed by atoms with Gasteiger partial charge in [0.1, 0.15) is 11.9 Å². The highest BCUT2D eigenvalue weighted by atomic mass is 32.1. The van der Waals surface area contributed by atoms with Gasteiger partial charge in [-0.2, -0.15) is 0 Å². The zero-order valence-electron chi connectivity index (χ0n) is 12.5. The first kappa shape index (κ1) is 15.2. The summed E-state index contributed by atoms with van der Waals surface area (Å²) in [6.07, 6.45) is 0. The van der Waals surface area contributed by atoms with E-state index in [1.165, 1.54) is 11.3 Å². The van der Waals surface area contributed by atoms with Crippen LogP contribution in [0.3, 0.4) is 0 Å². The lowest BCUT2D eigenvalue weighted by Gasteiger charge is -2.12. The number of aromatic amines is 1. The molecule has 0 aliphatic rings. The maximum absolute atomic E-state index is 12.1. The average molecular weight is 328 g/mol. The zero-order chi connectivity index (χ0) is 16.2. The highest BCUT2D eigenvalue weighted by Crippen LogP contribution is 2.10. The molecule has 0 aliphatic carbocycles. The lowest BCUT2D eigenvalue weighted by atomic mass is 10.3. The van der Waals surface area contributed by atoms with Crippen LogP contribution < -0.4 is 10.6 Å². The summed E-state index contributed by atoms with van der Waals surface area (Å²) in [6, 6.07) is 10.6. The molecule has 3 aromatic rings. The summed E-state index contributed by atoms with van der Waals surface area (Å²) in [7, 11) is 0. The third kappa shape index (κ3) is 3.57. The normalized spacial score (nSPS) is 12.0. The van der Waals surface area contributed by atoms with Crippen LogP contribution in [0.4, 0.5) is 0 Å². The Balaban J connectivity index is 1.55. The van der Waals surface area contributed by atoms with Crippen LogP contribution in [0.15, 0.2) is 41.8 Å². The van der Waals surface area contributed by atoms with Gasteiger partial charge in [0.25, 0.3) is 5.91 Å². The molecule has 2 amide bonds. The Hall–Kier alpha value is -2.67. The molecule has 0 aliphatic heterocycles. The van der Waals surface area contributed by atoms with Crippen molar-refractivity contribution in [2.75, 3.05) is 0 Å². The van der Waals surface area contributed by atoms with Gasteiger partial charge in [0.05, 0.1) is 22.5 Å². The van der Waals surface area contributed by atoms with Gasteiger partial charge in [-0.3, -0.25) is 9.59 Å². The number of carbonyl (C=O) groups excluding carboxylic acids is 2.